The van der Waals surface area contributed by atoms with Gasteiger partial charge < -0.3 is 10.4 Å². The molecule has 4 heteroatoms. The van der Waals surface area contributed by atoms with E-state index in [-0.39, 0.29) is 23.1 Å². The van der Waals surface area contributed by atoms with Crippen LogP contribution in [-0.2, 0) is 11.2 Å². The van der Waals surface area contributed by atoms with E-state index in [0.29, 0.717) is 12.8 Å². The molecular formula is C20H26N2O2. The Labute approximate surface area is 143 Å². The van der Waals surface area contributed by atoms with Gasteiger partial charge in [-0.05, 0) is 47.6 Å². The van der Waals surface area contributed by atoms with Crippen LogP contribution < -0.4 is 5.32 Å². The molecule has 1 amide bonds. The van der Waals surface area contributed by atoms with Crippen LogP contribution in [0.3, 0.4) is 0 Å². The Bertz CT molecular complexity index is 646. The number of rotatable bonds is 6. The zero-order valence-corrected chi connectivity index (χ0v) is 14.6. The third kappa shape index (κ3) is 6.03. The number of aromatic hydroxyl groups is 1. The number of aryl methyl sites for hydroxylation is 1. The second-order valence-corrected chi connectivity index (χ2v) is 7.34. The molecule has 1 heterocycles. The summed E-state index contributed by atoms with van der Waals surface area (Å²) >= 11 is 0. The summed E-state index contributed by atoms with van der Waals surface area (Å²) < 4.78 is 0. The van der Waals surface area contributed by atoms with Crippen molar-refractivity contribution in [3.63, 3.8) is 0 Å². The van der Waals surface area contributed by atoms with Crippen molar-refractivity contribution in [3.8, 4) is 5.75 Å². The molecule has 1 atom stereocenters. The van der Waals surface area contributed by atoms with E-state index in [4.69, 9.17) is 0 Å². The Balaban J connectivity index is 1.97. The second-order valence-electron chi connectivity index (χ2n) is 7.34. The number of amides is 1. The number of phenolic OH excluding ortho intramolecular Hbond substituents is 1. The molecule has 0 saturated heterocycles. The summed E-state index contributed by atoms with van der Waals surface area (Å²) in [7, 11) is 0. The average Bonchev–Trinajstić information content (AvgIpc) is 2.53. The highest BCUT2D eigenvalue weighted by Crippen LogP contribution is 2.29. The summed E-state index contributed by atoms with van der Waals surface area (Å²) in [5.41, 5.74) is 2.17. The highest BCUT2D eigenvalue weighted by Gasteiger charge is 2.22. The van der Waals surface area contributed by atoms with E-state index >= 15 is 0 Å². The number of pyridine rings is 1. The van der Waals surface area contributed by atoms with Gasteiger partial charge in [-0.25, -0.2) is 0 Å². The Morgan fingerprint density at radius 1 is 1.21 bits per heavy atom. The minimum Gasteiger partial charge on any atom is -0.508 e. The largest absolute Gasteiger partial charge is 0.508 e. The van der Waals surface area contributed by atoms with E-state index in [9.17, 15) is 9.90 Å². The minimum absolute atomic E-state index is 0.0289. The van der Waals surface area contributed by atoms with Crippen LogP contribution in [0.2, 0.25) is 0 Å². The molecule has 0 bridgehead atoms. The van der Waals surface area contributed by atoms with E-state index < -0.39 is 0 Å². The molecule has 2 rings (SSSR count). The van der Waals surface area contributed by atoms with Gasteiger partial charge in [-0.1, -0.05) is 39.0 Å². The van der Waals surface area contributed by atoms with Gasteiger partial charge in [-0.3, -0.25) is 9.78 Å². The van der Waals surface area contributed by atoms with Crippen molar-refractivity contribution >= 4 is 5.91 Å². The van der Waals surface area contributed by atoms with E-state index in [2.05, 4.69) is 31.1 Å². The lowest BCUT2D eigenvalue weighted by Gasteiger charge is -2.27. The number of aromatic nitrogens is 1. The molecular weight excluding hydrogens is 300 g/mol. The van der Waals surface area contributed by atoms with Crippen molar-refractivity contribution in [2.24, 2.45) is 5.41 Å². The fourth-order valence-corrected chi connectivity index (χ4v) is 2.63. The van der Waals surface area contributed by atoms with Crippen molar-refractivity contribution in [1.29, 1.82) is 0 Å². The average molecular weight is 326 g/mol. The zero-order chi connectivity index (χ0) is 17.6. The molecule has 24 heavy (non-hydrogen) atoms. The van der Waals surface area contributed by atoms with Crippen LogP contribution in [0.4, 0.5) is 0 Å². The highest BCUT2D eigenvalue weighted by atomic mass is 16.3. The van der Waals surface area contributed by atoms with Crippen LogP contribution in [0, 0.1) is 5.41 Å². The smallest absolute Gasteiger partial charge is 0.220 e. The standard InChI is InChI=1S/C20H26N2O2/c1-20(2,3)13-18(16-5-4-12-21-14-16)22-19(24)11-8-15-6-9-17(23)10-7-15/h4-7,9-10,12,14,18,23H,8,11,13H2,1-3H3,(H,22,24). The van der Waals surface area contributed by atoms with E-state index in [1.807, 2.05) is 30.5 Å². The number of carbonyl (C=O) groups excluding carboxylic acids is 1. The van der Waals surface area contributed by atoms with Gasteiger partial charge in [0.1, 0.15) is 5.75 Å². The summed E-state index contributed by atoms with van der Waals surface area (Å²) in [6.07, 6.45) is 5.48. The second kappa shape index (κ2) is 7.95. The number of carbonyl (C=O) groups is 1. The van der Waals surface area contributed by atoms with Crippen molar-refractivity contribution in [1.82, 2.24) is 10.3 Å². The predicted molar refractivity (Wildman–Crippen MR) is 95.6 cm³/mol. The first-order valence-corrected chi connectivity index (χ1v) is 8.31. The quantitative estimate of drug-likeness (QED) is 0.843. The molecule has 2 aromatic rings. The minimum atomic E-state index is -0.0361. The van der Waals surface area contributed by atoms with Crippen molar-refractivity contribution in [2.75, 3.05) is 0 Å². The molecule has 128 valence electrons. The molecule has 4 nitrogen and oxygen atoms in total. The van der Waals surface area contributed by atoms with Crippen molar-refractivity contribution in [2.45, 2.75) is 46.1 Å². The van der Waals surface area contributed by atoms with Gasteiger partial charge >= 0.3 is 0 Å². The SMILES string of the molecule is CC(C)(C)CC(NC(=O)CCc1ccc(O)cc1)c1cccnc1. The van der Waals surface area contributed by atoms with Gasteiger partial charge in [0, 0.05) is 18.8 Å². The maximum Gasteiger partial charge on any atom is 0.220 e. The Kier molecular flexibility index (Phi) is 5.96. The fourth-order valence-electron chi connectivity index (χ4n) is 2.63. The first-order valence-electron chi connectivity index (χ1n) is 8.31. The van der Waals surface area contributed by atoms with Crippen LogP contribution in [0.5, 0.6) is 5.75 Å². The predicted octanol–water partition coefficient (Wildman–Crippen LogP) is 4.01. The van der Waals surface area contributed by atoms with E-state index in [1.165, 1.54) is 0 Å². The summed E-state index contributed by atoms with van der Waals surface area (Å²) in [6.45, 7) is 6.50. The first kappa shape index (κ1) is 18.0. The molecule has 0 aliphatic rings. The Morgan fingerprint density at radius 3 is 2.50 bits per heavy atom. The van der Waals surface area contributed by atoms with Gasteiger partial charge in [-0.15, -0.1) is 0 Å². The Morgan fingerprint density at radius 2 is 1.92 bits per heavy atom. The lowest BCUT2D eigenvalue weighted by molar-refractivity contribution is -0.122. The first-order chi connectivity index (χ1) is 11.3. The van der Waals surface area contributed by atoms with Crippen LogP contribution in [-0.4, -0.2) is 16.0 Å². The lowest BCUT2D eigenvalue weighted by atomic mass is 9.85. The third-order valence-corrected chi connectivity index (χ3v) is 3.82. The van der Waals surface area contributed by atoms with Gasteiger partial charge in [0.15, 0.2) is 0 Å². The summed E-state index contributed by atoms with van der Waals surface area (Å²) in [4.78, 5) is 16.5. The summed E-state index contributed by atoms with van der Waals surface area (Å²) in [6, 6.07) is 10.8. The number of nitrogens with zero attached hydrogens (tertiary/aromatic N) is 1. The zero-order valence-electron chi connectivity index (χ0n) is 14.6. The van der Waals surface area contributed by atoms with Crippen LogP contribution in [0.15, 0.2) is 48.8 Å². The molecule has 2 N–H and O–H groups in total. The van der Waals surface area contributed by atoms with Crippen molar-refractivity contribution < 1.29 is 9.90 Å². The molecule has 1 unspecified atom stereocenters. The maximum atomic E-state index is 12.4. The summed E-state index contributed by atoms with van der Waals surface area (Å²) in [5, 5.41) is 12.4. The highest BCUT2D eigenvalue weighted by molar-refractivity contribution is 5.76. The monoisotopic (exact) mass is 326 g/mol. The molecule has 1 aromatic heterocycles. The van der Waals surface area contributed by atoms with Crippen LogP contribution in [0.25, 0.3) is 0 Å². The molecule has 0 fully saturated rings. The number of nitrogens with one attached hydrogen (secondary N) is 1. The van der Waals surface area contributed by atoms with Crippen LogP contribution in [0.1, 0.15) is 50.8 Å². The maximum absolute atomic E-state index is 12.4. The van der Waals surface area contributed by atoms with E-state index in [1.54, 1.807) is 18.3 Å². The molecule has 0 aliphatic heterocycles. The summed E-state index contributed by atoms with van der Waals surface area (Å²) in [5.74, 6) is 0.270. The molecule has 0 spiro atoms. The molecule has 0 saturated carbocycles. The fraction of sp³-hybridized carbons (Fsp3) is 0.400. The number of hydrogen-bond acceptors (Lipinski definition) is 3. The van der Waals surface area contributed by atoms with Crippen LogP contribution >= 0.6 is 0 Å². The topological polar surface area (TPSA) is 62.2 Å². The van der Waals surface area contributed by atoms with E-state index in [0.717, 1.165) is 17.5 Å². The molecule has 1 aromatic carbocycles. The number of benzene rings is 1. The van der Waals surface area contributed by atoms with Gasteiger partial charge in [0.05, 0.1) is 6.04 Å². The van der Waals surface area contributed by atoms with Gasteiger partial charge in [-0.2, -0.15) is 0 Å². The lowest BCUT2D eigenvalue weighted by Crippen LogP contribution is -2.31. The normalized spacial score (nSPS) is 12.6. The molecule has 0 aliphatic carbocycles. The van der Waals surface area contributed by atoms with Gasteiger partial charge in [0.2, 0.25) is 5.91 Å². The number of hydrogen-bond donors (Lipinski definition) is 2. The van der Waals surface area contributed by atoms with Crippen molar-refractivity contribution in [3.05, 3.63) is 59.9 Å². The third-order valence-electron chi connectivity index (χ3n) is 3.82. The molecule has 0 radical (unpaired) electrons. The van der Waals surface area contributed by atoms with Gasteiger partial charge in [0.25, 0.3) is 0 Å². The Hall–Kier alpha value is -2.36. The number of phenols is 1.